The number of hydrogen-bond donors (Lipinski definition) is 0. The molecule has 3 aromatic rings. The average Bonchev–Trinajstić information content (AvgIpc) is 3.65. The summed E-state index contributed by atoms with van der Waals surface area (Å²) in [7, 11) is 0. The van der Waals surface area contributed by atoms with Gasteiger partial charge in [0.15, 0.2) is 0 Å². The second-order valence-corrected chi connectivity index (χ2v) is 15.1. The van der Waals surface area contributed by atoms with Gasteiger partial charge in [0.25, 0.3) is 5.56 Å². The van der Waals surface area contributed by atoms with E-state index in [1.165, 1.54) is 0 Å². The van der Waals surface area contributed by atoms with Gasteiger partial charge < -0.3 is 23.5 Å². The minimum atomic E-state index is -1.83. The standard InChI is InChI=1S/C34H38N2O8S/c1-7-20-21-15-19(43-29(38)33(6)11-12-33)9-10-25(21)35-27-22(20)17-36-26(27)16-24-23(28(36)37)18-42-30(39)34(24,8-2)44-31(40)41-13-14-45-32(3,4)5/h9-10,15-16H,7-8,11-14,17-18H2,1-6H3/t34-/m0/s1. The molecule has 2 aromatic heterocycles. The third kappa shape index (κ3) is 5.49. The number of rotatable bonds is 8. The maximum Gasteiger partial charge on any atom is 0.509 e. The number of ether oxygens (including phenoxy) is 4. The molecule has 0 saturated heterocycles. The maximum absolute atomic E-state index is 14.0. The summed E-state index contributed by atoms with van der Waals surface area (Å²) in [5, 5.41) is 0.852. The SMILES string of the molecule is CCc1c2c(nc3ccc(OC(=O)C4(C)CC4)cc13)-c1cc3c(c(=O)n1C2)COC(=O)[C@@]3(CC)OC(=O)OCCSC(C)(C)C. The van der Waals surface area contributed by atoms with Crippen LogP contribution in [0.4, 0.5) is 4.79 Å². The van der Waals surface area contributed by atoms with Crippen LogP contribution in [-0.4, -0.2) is 44.8 Å². The fourth-order valence-electron chi connectivity index (χ4n) is 6.03. The molecule has 0 radical (unpaired) electrons. The minimum absolute atomic E-state index is 0.00351. The molecule has 4 heterocycles. The molecular formula is C34H38N2O8S. The van der Waals surface area contributed by atoms with E-state index in [0.717, 1.165) is 29.4 Å². The van der Waals surface area contributed by atoms with Crippen LogP contribution in [0.5, 0.6) is 5.75 Å². The Morgan fingerprint density at radius 1 is 1.11 bits per heavy atom. The van der Waals surface area contributed by atoms with Crippen molar-refractivity contribution in [3.63, 3.8) is 0 Å². The van der Waals surface area contributed by atoms with Crippen LogP contribution in [0.15, 0.2) is 29.1 Å². The first-order chi connectivity index (χ1) is 21.3. The first-order valence-corrected chi connectivity index (χ1v) is 16.4. The highest BCUT2D eigenvalue weighted by Crippen LogP contribution is 2.46. The minimum Gasteiger partial charge on any atom is -0.457 e. The van der Waals surface area contributed by atoms with E-state index in [1.54, 1.807) is 35.4 Å². The third-order valence-electron chi connectivity index (χ3n) is 8.90. The first kappa shape index (κ1) is 31.1. The molecule has 2 aliphatic heterocycles. The number of aryl methyl sites for hydroxylation is 1. The molecule has 0 N–H and O–H groups in total. The summed E-state index contributed by atoms with van der Waals surface area (Å²) in [6.45, 7) is 12.0. The number of nitrogens with zero attached hydrogens (tertiary/aromatic N) is 2. The molecule has 6 rings (SSSR count). The summed E-state index contributed by atoms with van der Waals surface area (Å²) in [4.78, 5) is 57.7. The van der Waals surface area contributed by atoms with Crippen molar-refractivity contribution in [2.24, 2.45) is 5.41 Å². The molecule has 238 valence electrons. The Kier molecular flexibility index (Phi) is 7.74. The van der Waals surface area contributed by atoms with Gasteiger partial charge in [-0.05, 0) is 62.4 Å². The van der Waals surface area contributed by atoms with E-state index >= 15 is 0 Å². The Bertz CT molecular complexity index is 1800. The fourth-order valence-corrected chi connectivity index (χ4v) is 6.81. The summed E-state index contributed by atoms with van der Waals surface area (Å²) in [5.41, 5.74) is 1.71. The maximum atomic E-state index is 14.0. The van der Waals surface area contributed by atoms with Crippen molar-refractivity contribution in [2.45, 2.75) is 90.7 Å². The molecule has 1 aromatic carbocycles. The molecule has 11 heteroatoms. The molecule has 0 amide bonds. The predicted octanol–water partition coefficient (Wildman–Crippen LogP) is 6.04. The number of carbonyl (C=O) groups excluding carboxylic acids is 3. The van der Waals surface area contributed by atoms with Gasteiger partial charge in [0.2, 0.25) is 5.60 Å². The Labute approximate surface area is 265 Å². The summed E-state index contributed by atoms with van der Waals surface area (Å²) < 4.78 is 23.8. The normalized spacial score (nSPS) is 19.3. The zero-order valence-corrected chi connectivity index (χ0v) is 27.4. The Balaban J connectivity index is 1.37. The van der Waals surface area contributed by atoms with Crippen LogP contribution < -0.4 is 10.3 Å². The molecule has 1 fully saturated rings. The second kappa shape index (κ2) is 11.2. The van der Waals surface area contributed by atoms with Crippen LogP contribution in [0.1, 0.15) is 83.1 Å². The first-order valence-electron chi connectivity index (χ1n) is 15.4. The monoisotopic (exact) mass is 634 g/mol. The van der Waals surface area contributed by atoms with Crippen molar-refractivity contribution in [1.82, 2.24) is 9.55 Å². The van der Waals surface area contributed by atoms with E-state index in [0.29, 0.717) is 40.4 Å². The number of cyclic esters (lactones) is 1. The van der Waals surface area contributed by atoms with Gasteiger partial charge in [0.05, 0.1) is 34.4 Å². The summed E-state index contributed by atoms with van der Waals surface area (Å²) in [5.74, 6) is 0.0470. The molecule has 0 bridgehead atoms. The van der Waals surface area contributed by atoms with Gasteiger partial charge in [-0.1, -0.05) is 34.6 Å². The lowest BCUT2D eigenvalue weighted by Gasteiger charge is -2.35. The van der Waals surface area contributed by atoms with Crippen molar-refractivity contribution < 1.29 is 33.3 Å². The Hall–Kier alpha value is -3.86. The van der Waals surface area contributed by atoms with Crippen molar-refractivity contribution in [1.29, 1.82) is 0 Å². The molecular weight excluding hydrogens is 596 g/mol. The van der Waals surface area contributed by atoms with Gasteiger partial charge in [-0.15, -0.1) is 0 Å². The lowest BCUT2D eigenvalue weighted by atomic mass is 9.85. The van der Waals surface area contributed by atoms with Gasteiger partial charge in [0, 0.05) is 27.0 Å². The van der Waals surface area contributed by atoms with E-state index in [1.807, 2.05) is 26.0 Å². The largest absolute Gasteiger partial charge is 0.509 e. The van der Waals surface area contributed by atoms with Crippen LogP contribution >= 0.6 is 11.8 Å². The van der Waals surface area contributed by atoms with E-state index in [-0.39, 0.29) is 48.0 Å². The van der Waals surface area contributed by atoms with Gasteiger partial charge in [-0.3, -0.25) is 9.59 Å². The fraction of sp³-hybridized carbons (Fsp3) is 0.500. The summed E-state index contributed by atoms with van der Waals surface area (Å²) >= 11 is 1.64. The van der Waals surface area contributed by atoms with Crippen LogP contribution in [0, 0.1) is 5.41 Å². The van der Waals surface area contributed by atoms with E-state index < -0.39 is 23.1 Å². The number of carbonyl (C=O) groups is 3. The zero-order valence-electron chi connectivity index (χ0n) is 26.5. The molecule has 10 nitrogen and oxygen atoms in total. The van der Waals surface area contributed by atoms with Crippen LogP contribution in [0.25, 0.3) is 22.3 Å². The van der Waals surface area contributed by atoms with Crippen molar-refractivity contribution in [2.75, 3.05) is 12.4 Å². The van der Waals surface area contributed by atoms with Crippen molar-refractivity contribution in [3.8, 4) is 17.1 Å². The highest BCUT2D eigenvalue weighted by atomic mass is 32.2. The highest BCUT2D eigenvalue weighted by molar-refractivity contribution is 8.00. The van der Waals surface area contributed by atoms with Crippen LogP contribution in [0.3, 0.4) is 0 Å². The van der Waals surface area contributed by atoms with Crippen molar-refractivity contribution in [3.05, 3.63) is 56.9 Å². The molecule has 0 spiro atoms. The molecule has 1 aliphatic carbocycles. The lowest BCUT2D eigenvalue weighted by molar-refractivity contribution is -0.175. The van der Waals surface area contributed by atoms with Gasteiger partial charge in [-0.2, -0.15) is 11.8 Å². The van der Waals surface area contributed by atoms with Gasteiger partial charge in [-0.25, -0.2) is 14.6 Å². The number of aromatic nitrogens is 2. The number of esters is 2. The molecule has 3 aliphatic rings. The molecule has 45 heavy (non-hydrogen) atoms. The smallest absolute Gasteiger partial charge is 0.457 e. The predicted molar refractivity (Wildman–Crippen MR) is 169 cm³/mol. The molecule has 0 unspecified atom stereocenters. The van der Waals surface area contributed by atoms with Crippen LogP contribution in [-0.2, 0) is 49.0 Å². The van der Waals surface area contributed by atoms with Gasteiger partial charge in [0.1, 0.15) is 19.0 Å². The Morgan fingerprint density at radius 3 is 2.53 bits per heavy atom. The zero-order chi connectivity index (χ0) is 32.3. The summed E-state index contributed by atoms with van der Waals surface area (Å²) in [6.07, 6.45) is 1.35. The van der Waals surface area contributed by atoms with E-state index in [9.17, 15) is 19.2 Å². The lowest BCUT2D eigenvalue weighted by Crippen LogP contribution is -2.47. The van der Waals surface area contributed by atoms with Crippen LogP contribution in [0.2, 0.25) is 0 Å². The quantitative estimate of drug-likeness (QED) is 0.129. The number of hydrogen-bond acceptors (Lipinski definition) is 10. The van der Waals surface area contributed by atoms with E-state index in [2.05, 4.69) is 20.8 Å². The topological polar surface area (TPSA) is 123 Å². The molecule has 1 saturated carbocycles. The van der Waals surface area contributed by atoms with E-state index in [4.69, 9.17) is 23.9 Å². The average molecular weight is 635 g/mol. The number of benzene rings is 1. The second-order valence-electron chi connectivity index (χ2n) is 13.1. The number of pyridine rings is 2. The highest BCUT2D eigenvalue weighted by Gasteiger charge is 2.51. The van der Waals surface area contributed by atoms with Crippen molar-refractivity contribution >= 4 is 40.8 Å². The summed E-state index contributed by atoms with van der Waals surface area (Å²) in [6, 6.07) is 7.13. The number of thioether (sulfide) groups is 1. The third-order valence-corrected chi connectivity index (χ3v) is 10.1. The molecule has 1 atom stereocenters. The van der Waals surface area contributed by atoms with Gasteiger partial charge >= 0.3 is 18.1 Å². The number of fused-ring (bicyclic) bond motifs is 5. The Morgan fingerprint density at radius 2 is 1.87 bits per heavy atom.